The Hall–Kier alpha value is -2.79. The summed E-state index contributed by atoms with van der Waals surface area (Å²) in [5, 5.41) is 10.5. The van der Waals surface area contributed by atoms with Crippen molar-refractivity contribution in [1.29, 1.82) is 0 Å². The zero-order valence-corrected chi connectivity index (χ0v) is 15.9. The Bertz CT molecular complexity index is 1040. The van der Waals surface area contributed by atoms with E-state index in [1.165, 1.54) is 5.56 Å². The summed E-state index contributed by atoms with van der Waals surface area (Å²) in [7, 11) is 0. The van der Waals surface area contributed by atoms with Gasteiger partial charge in [0.15, 0.2) is 0 Å². The Balaban J connectivity index is 1.72. The molecular formula is C22H24N2O3. The highest BCUT2D eigenvalue weighted by molar-refractivity contribution is 6.02. The van der Waals surface area contributed by atoms with Crippen molar-refractivity contribution < 1.29 is 14.6 Å². The fourth-order valence-corrected chi connectivity index (χ4v) is 3.89. The van der Waals surface area contributed by atoms with E-state index in [1.807, 2.05) is 30.0 Å². The van der Waals surface area contributed by atoms with Gasteiger partial charge in [-0.1, -0.05) is 18.2 Å². The molecule has 2 N–H and O–H groups in total. The Labute approximate surface area is 158 Å². The molecule has 1 aliphatic rings. The van der Waals surface area contributed by atoms with E-state index < -0.39 is 0 Å². The summed E-state index contributed by atoms with van der Waals surface area (Å²) in [6.07, 6.45) is 0. The lowest BCUT2D eigenvalue weighted by Crippen LogP contribution is -2.33. The number of amides is 1. The first kappa shape index (κ1) is 17.6. The van der Waals surface area contributed by atoms with Crippen LogP contribution in [-0.2, 0) is 13.2 Å². The Morgan fingerprint density at radius 1 is 1.19 bits per heavy atom. The zero-order chi connectivity index (χ0) is 19.1. The molecule has 4 rings (SSSR count). The highest BCUT2D eigenvalue weighted by Crippen LogP contribution is 2.30. The molecule has 0 atom stereocenters. The molecule has 0 aliphatic carbocycles. The van der Waals surface area contributed by atoms with Gasteiger partial charge >= 0.3 is 0 Å². The third-order valence-electron chi connectivity index (χ3n) is 5.41. The van der Waals surface area contributed by atoms with Crippen molar-refractivity contribution in [3.8, 4) is 5.75 Å². The second-order valence-electron chi connectivity index (χ2n) is 7.25. The number of benzene rings is 2. The van der Waals surface area contributed by atoms with Crippen LogP contribution in [0.4, 0.5) is 0 Å². The number of rotatable bonds is 2. The van der Waals surface area contributed by atoms with Crippen LogP contribution in [-0.4, -0.2) is 34.0 Å². The lowest BCUT2D eigenvalue weighted by molar-refractivity contribution is 0.0727. The molecule has 0 saturated heterocycles. The molecule has 3 aromatic rings. The lowest BCUT2D eigenvalue weighted by Gasteiger charge is -2.20. The van der Waals surface area contributed by atoms with Crippen molar-refractivity contribution in [3.05, 3.63) is 63.8 Å². The van der Waals surface area contributed by atoms with Gasteiger partial charge in [0, 0.05) is 23.0 Å². The third kappa shape index (κ3) is 2.98. The summed E-state index contributed by atoms with van der Waals surface area (Å²) in [6, 6.07) is 9.81. The molecule has 0 saturated carbocycles. The van der Waals surface area contributed by atoms with Gasteiger partial charge in [-0.05, 0) is 55.2 Å². The molecule has 0 unspecified atom stereocenters. The standard InChI is InChI=1S/C22H24N2O3/c1-13-4-5-14(2)20-19(13)15(3)21(23-20)22(26)24-8-9-27-18-7-6-16(12-25)10-17(18)11-24/h4-7,10,23,25H,8-9,11-12H2,1-3H3. The number of carbonyl (C=O) groups is 1. The molecule has 1 aromatic heterocycles. The van der Waals surface area contributed by atoms with Crippen molar-refractivity contribution in [1.82, 2.24) is 9.88 Å². The van der Waals surface area contributed by atoms with Crippen molar-refractivity contribution in [2.45, 2.75) is 33.9 Å². The van der Waals surface area contributed by atoms with Gasteiger partial charge in [-0.15, -0.1) is 0 Å². The highest BCUT2D eigenvalue weighted by Gasteiger charge is 2.25. The van der Waals surface area contributed by atoms with Crippen LogP contribution >= 0.6 is 0 Å². The van der Waals surface area contributed by atoms with E-state index in [1.54, 1.807) is 0 Å². The molecule has 2 heterocycles. The van der Waals surface area contributed by atoms with Crippen molar-refractivity contribution in [3.63, 3.8) is 0 Å². The van der Waals surface area contributed by atoms with E-state index in [4.69, 9.17) is 4.74 Å². The molecule has 1 amide bonds. The van der Waals surface area contributed by atoms with Gasteiger partial charge in [0.1, 0.15) is 18.1 Å². The van der Waals surface area contributed by atoms with Crippen LogP contribution in [0.25, 0.3) is 10.9 Å². The minimum absolute atomic E-state index is 0.0200. The first-order valence-electron chi connectivity index (χ1n) is 9.23. The van der Waals surface area contributed by atoms with Crippen LogP contribution in [0.15, 0.2) is 30.3 Å². The Morgan fingerprint density at radius 2 is 1.96 bits per heavy atom. The summed E-state index contributed by atoms with van der Waals surface area (Å²) in [5.41, 5.74) is 6.71. The first-order chi connectivity index (χ1) is 13.0. The number of aromatic amines is 1. The summed E-state index contributed by atoms with van der Waals surface area (Å²) >= 11 is 0. The van der Waals surface area contributed by atoms with Crippen molar-refractivity contribution in [2.75, 3.05) is 13.2 Å². The van der Waals surface area contributed by atoms with E-state index >= 15 is 0 Å². The Morgan fingerprint density at radius 3 is 2.70 bits per heavy atom. The van der Waals surface area contributed by atoms with Crippen molar-refractivity contribution >= 4 is 16.8 Å². The number of aryl methyl sites for hydroxylation is 3. The number of hydrogen-bond donors (Lipinski definition) is 2. The number of carbonyl (C=O) groups excluding carboxylic acids is 1. The van der Waals surface area contributed by atoms with Gasteiger partial charge in [0.25, 0.3) is 5.91 Å². The summed E-state index contributed by atoms with van der Waals surface area (Å²) < 4.78 is 5.81. The van der Waals surface area contributed by atoms with Gasteiger partial charge < -0.3 is 19.7 Å². The normalized spacial score (nSPS) is 14.0. The van der Waals surface area contributed by atoms with Crippen LogP contribution in [0.5, 0.6) is 5.75 Å². The minimum atomic E-state index is -0.0269. The van der Waals surface area contributed by atoms with Gasteiger partial charge in [0.2, 0.25) is 0 Å². The number of aliphatic hydroxyl groups is 1. The largest absolute Gasteiger partial charge is 0.491 e. The predicted octanol–water partition coefficient (Wildman–Crippen LogP) is 3.62. The molecule has 0 fully saturated rings. The Kier molecular flexibility index (Phi) is 4.40. The maximum atomic E-state index is 13.3. The van der Waals surface area contributed by atoms with Gasteiger partial charge in [-0.25, -0.2) is 0 Å². The SMILES string of the molecule is Cc1ccc(C)c2c(C)c(C(=O)N3CCOc4ccc(CO)cc4C3)[nH]c12. The zero-order valence-electron chi connectivity index (χ0n) is 15.9. The van der Waals surface area contributed by atoms with E-state index in [0.29, 0.717) is 25.4 Å². The number of hydrogen-bond acceptors (Lipinski definition) is 3. The number of nitrogens with zero attached hydrogens (tertiary/aromatic N) is 1. The molecule has 5 nitrogen and oxygen atoms in total. The average molecular weight is 364 g/mol. The molecule has 140 valence electrons. The van der Waals surface area contributed by atoms with Gasteiger partial charge in [0.05, 0.1) is 13.2 Å². The van der Waals surface area contributed by atoms with E-state index in [9.17, 15) is 9.90 Å². The fourth-order valence-electron chi connectivity index (χ4n) is 3.89. The van der Waals surface area contributed by atoms with Crippen LogP contribution < -0.4 is 4.74 Å². The maximum Gasteiger partial charge on any atom is 0.271 e. The number of aromatic nitrogens is 1. The topological polar surface area (TPSA) is 65.6 Å². The number of H-pyrrole nitrogens is 1. The summed E-state index contributed by atoms with van der Waals surface area (Å²) in [5.74, 6) is 0.760. The molecule has 27 heavy (non-hydrogen) atoms. The summed E-state index contributed by atoms with van der Waals surface area (Å²) in [6.45, 7) is 7.55. The van der Waals surface area contributed by atoms with E-state index in [2.05, 4.69) is 31.0 Å². The van der Waals surface area contributed by atoms with Crippen LogP contribution in [0.1, 0.15) is 38.3 Å². The third-order valence-corrected chi connectivity index (χ3v) is 5.41. The number of aliphatic hydroxyl groups excluding tert-OH is 1. The van der Waals surface area contributed by atoms with Crippen LogP contribution in [0, 0.1) is 20.8 Å². The average Bonchev–Trinajstić information content (AvgIpc) is 2.88. The second kappa shape index (κ2) is 6.74. The summed E-state index contributed by atoms with van der Waals surface area (Å²) in [4.78, 5) is 18.5. The van der Waals surface area contributed by atoms with Crippen molar-refractivity contribution in [2.24, 2.45) is 0 Å². The van der Waals surface area contributed by atoms with Gasteiger partial charge in [-0.3, -0.25) is 4.79 Å². The molecule has 0 radical (unpaired) electrons. The minimum Gasteiger partial charge on any atom is -0.491 e. The first-order valence-corrected chi connectivity index (χ1v) is 9.23. The smallest absolute Gasteiger partial charge is 0.271 e. The molecule has 0 spiro atoms. The highest BCUT2D eigenvalue weighted by atomic mass is 16.5. The van der Waals surface area contributed by atoms with E-state index in [-0.39, 0.29) is 12.5 Å². The lowest BCUT2D eigenvalue weighted by atomic mass is 10.0. The van der Waals surface area contributed by atoms with Crippen LogP contribution in [0.2, 0.25) is 0 Å². The number of ether oxygens (including phenoxy) is 1. The monoisotopic (exact) mass is 364 g/mol. The molecular weight excluding hydrogens is 340 g/mol. The second-order valence-corrected chi connectivity index (χ2v) is 7.25. The van der Waals surface area contributed by atoms with Crippen LogP contribution in [0.3, 0.4) is 0 Å². The maximum absolute atomic E-state index is 13.3. The van der Waals surface area contributed by atoms with Gasteiger partial charge in [-0.2, -0.15) is 0 Å². The number of nitrogens with one attached hydrogen (secondary N) is 1. The number of fused-ring (bicyclic) bond motifs is 2. The molecule has 2 aromatic carbocycles. The molecule has 5 heteroatoms. The predicted molar refractivity (Wildman–Crippen MR) is 105 cm³/mol. The molecule has 1 aliphatic heterocycles. The fraction of sp³-hybridized carbons (Fsp3) is 0.318. The molecule has 0 bridgehead atoms. The van der Waals surface area contributed by atoms with E-state index in [0.717, 1.165) is 38.9 Å². The quantitative estimate of drug-likeness (QED) is 0.730.